The van der Waals surface area contributed by atoms with Crippen LogP contribution in [0.5, 0.6) is 0 Å². The van der Waals surface area contributed by atoms with Crippen molar-refractivity contribution in [3.63, 3.8) is 0 Å². The molecule has 6 heteroatoms. The van der Waals surface area contributed by atoms with Crippen LogP contribution in [-0.2, 0) is 11.3 Å². The van der Waals surface area contributed by atoms with Gasteiger partial charge in [-0.05, 0) is 18.1 Å². The summed E-state index contributed by atoms with van der Waals surface area (Å²) in [4.78, 5) is 26.9. The van der Waals surface area contributed by atoms with Gasteiger partial charge >= 0.3 is 0 Å². The molecule has 3 heterocycles. The molecule has 1 saturated heterocycles. The second-order valence-electron chi connectivity index (χ2n) is 4.98. The van der Waals surface area contributed by atoms with Crippen molar-refractivity contribution in [2.45, 2.75) is 25.4 Å². The Labute approximate surface area is 115 Å². The molecule has 1 atom stereocenters. The fourth-order valence-corrected chi connectivity index (χ4v) is 2.40. The van der Waals surface area contributed by atoms with Crippen LogP contribution in [0.2, 0.25) is 0 Å². The van der Waals surface area contributed by atoms with Crippen LogP contribution >= 0.6 is 0 Å². The van der Waals surface area contributed by atoms with E-state index in [1.54, 1.807) is 6.20 Å². The molecule has 0 aliphatic carbocycles. The minimum atomic E-state index is -0.0834. The Hall–Kier alpha value is -2.21. The number of amides is 1. The SMILES string of the molecule is O=C1CC[C@@H](CNCc2ccc3nccc(=O)n3c2)N1. The van der Waals surface area contributed by atoms with E-state index in [4.69, 9.17) is 0 Å². The number of hydrogen-bond donors (Lipinski definition) is 2. The smallest absolute Gasteiger partial charge is 0.257 e. The number of carbonyl (C=O) groups is 1. The lowest BCUT2D eigenvalue weighted by Crippen LogP contribution is -2.35. The van der Waals surface area contributed by atoms with E-state index in [2.05, 4.69) is 15.6 Å². The van der Waals surface area contributed by atoms with Crippen LogP contribution in [0, 0.1) is 0 Å². The van der Waals surface area contributed by atoms with Gasteiger partial charge in [-0.3, -0.25) is 14.0 Å². The van der Waals surface area contributed by atoms with E-state index in [1.165, 1.54) is 16.7 Å². The first-order chi connectivity index (χ1) is 9.72. The molecule has 0 aromatic carbocycles. The van der Waals surface area contributed by atoms with Gasteiger partial charge in [-0.25, -0.2) is 4.98 Å². The van der Waals surface area contributed by atoms with Crippen LogP contribution in [0.4, 0.5) is 0 Å². The zero-order valence-electron chi connectivity index (χ0n) is 11.0. The van der Waals surface area contributed by atoms with Crippen LogP contribution in [0.25, 0.3) is 5.65 Å². The Bertz CT molecular complexity index is 695. The molecule has 2 aromatic heterocycles. The molecule has 1 aliphatic rings. The van der Waals surface area contributed by atoms with Crippen LogP contribution in [0.15, 0.2) is 35.4 Å². The molecule has 0 unspecified atom stereocenters. The fraction of sp³-hybridized carbons (Fsp3) is 0.357. The first-order valence-electron chi connectivity index (χ1n) is 6.69. The highest BCUT2D eigenvalue weighted by molar-refractivity contribution is 5.78. The van der Waals surface area contributed by atoms with E-state index >= 15 is 0 Å². The first-order valence-corrected chi connectivity index (χ1v) is 6.69. The van der Waals surface area contributed by atoms with Crippen LogP contribution in [0.1, 0.15) is 18.4 Å². The molecule has 2 aromatic rings. The van der Waals surface area contributed by atoms with Gasteiger partial charge in [-0.15, -0.1) is 0 Å². The number of hydrogen-bond acceptors (Lipinski definition) is 4. The molecule has 3 rings (SSSR count). The van der Waals surface area contributed by atoms with Gasteiger partial charge in [0.25, 0.3) is 5.56 Å². The lowest BCUT2D eigenvalue weighted by Gasteiger charge is -2.11. The number of nitrogens with one attached hydrogen (secondary N) is 2. The summed E-state index contributed by atoms with van der Waals surface area (Å²) in [6, 6.07) is 5.43. The zero-order valence-corrected chi connectivity index (χ0v) is 11.0. The third kappa shape index (κ3) is 2.70. The van der Waals surface area contributed by atoms with Crippen molar-refractivity contribution >= 4 is 11.6 Å². The molecule has 0 bridgehead atoms. The Morgan fingerprint density at radius 1 is 1.35 bits per heavy atom. The summed E-state index contributed by atoms with van der Waals surface area (Å²) < 4.78 is 1.54. The lowest BCUT2D eigenvalue weighted by molar-refractivity contribution is -0.119. The van der Waals surface area contributed by atoms with E-state index in [9.17, 15) is 9.59 Å². The van der Waals surface area contributed by atoms with Crippen LogP contribution < -0.4 is 16.2 Å². The third-order valence-electron chi connectivity index (χ3n) is 3.45. The zero-order chi connectivity index (χ0) is 13.9. The van der Waals surface area contributed by atoms with Crippen LogP contribution in [-0.4, -0.2) is 27.9 Å². The summed E-state index contributed by atoms with van der Waals surface area (Å²) >= 11 is 0. The van der Waals surface area contributed by atoms with Gasteiger partial charge in [0.15, 0.2) is 0 Å². The summed E-state index contributed by atoms with van der Waals surface area (Å²) in [5.74, 6) is 0.125. The van der Waals surface area contributed by atoms with Crippen molar-refractivity contribution in [3.05, 3.63) is 46.5 Å². The van der Waals surface area contributed by atoms with Gasteiger partial charge in [0.05, 0.1) is 0 Å². The van der Waals surface area contributed by atoms with Gasteiger partial charge in [0, 0.05) is 44.0 Å². The number of nitrogens with zero attached hydrogens (tertiary/aromatic N) is 2. The third-order valence-corrected chi connectivity index (χ3v) is 3.45. The van der Waals surface area contributed by atoms with Crippen molar-refractivity contribution < 1.29 is 4.79 Å². The Kier molecular flexibility index (Phi) is 3.47. The molecule has 0 spiro atoms. The summed E-state index contributed by atoms with van der Waals surface area (Å²) in [5.41, 5.74) is 1.57. The van der Waals surface area contributed by atoms with E-state index in [0.29, 0.717) is 18.6 Å². The molecule has 0 radical (unpaired) electrons. The van der Waals surface area contributed by atoms with Gasteiger partial charge in [-0.2, -0.15) is 0 Å². The molecule has 20 heavy (non-hydrogen) atoms. The van der Waals surface area contributed by atoms with E-state index in [1.807, 2.05) is 12.1 Å². The summed E-state index contributed by atoms with van der Waals surface area (Å²) in [6.45, 7) is 1.40. The lowest BCUT2D eigenvalue weighted by atomic mass is 10.2. The topological polar surface area (TPSA) is 75.5 Å². The molecular formula is C14H16N4O2. The number of carbonyl (C=O) groups excluding carboxylic acids is 1. The molecule has 6 nitrogen and oxygen atoms in total. The molecule has 1 fully saturated rings. The van der Waals surface area contributed by atoms with Crippen molar-refractivity contribution in [3.8, 4) is 0 Å². The van der Waals surface area contributed by atoms with E-state index in [0.717, 1.165) is 18.5 Å². The van der Waals surface area contributed by atoms with Crippen molar-refractivity contribution in [1.29, 1.82) is 0 Å². The van der Waals surface area contributed by atoms with E-state index < -0.39 is 0 Å². The minimum absolute atomic E-state index is 0.0834. The molecule has 104 valence electrons. The molecular weight excluding hydrogens is 256 g/mol. The van der Waals surface area contributed by atoms with Gasteiger partial charge in [-0.1, -0.05) is 6.07 Å². The fourth-order valence-electron chi connectivity index (χ4n) is 2.40. The maximum Gasteiger partial charge on any atom is 0.257 e. The monoisotopic (exact) mass is 272 g/mol. The molecule has 2 N–H and O–H groups in total. The molecule has 1 amide bonds. The maximum atomic E-state index is 11.7. The number of aromatic nitrogens is 2. The summed E-state index contributed by atoms with van der Waals surface area (Å²) in [6.07, 6.45) is 4.81. The summed E-state index contributed by atoms with van der Waals surface area (Å²) in [5, 5.41) is 6.21. The molecule has 0 saturated carbocycles. The predicted molar refractivity (Wildman–Crippen MR) is 74.3 cm³/mol. The maximum absolute atomic E-state index is 11.7. The second kappa shape index (κ2) is 5.42. The average Bonchev–Trinajstić information content (AvgIpc) is 2.85. The Morgan fingerprint density at radius 2 is 2.25 bits per heavy atom. The summed E-state index contributed by atoms with van der Waals surface area (Å²) in [7, 11) is 0. The standard InChI is InChI=1S/C14H16N4O2/c19-13-4-2-11(17-13)8-15-7-10-1-3-12-16-6-5-14(20)18(12)9-10/h1,3,5-6,9,11,15H,2,4,7-8H2,(H,17,19)/t11-/m0/s1. The number of fused-ring (bicyclic) bond motifs is 1. The average molecular weight is 272 g/mol. The largest absolute Gasteiger partial charge is 0.352 e. The quantitative estimate of drug-likeness (QED) is 0.825. The normalized spacial score (nSPS) is 18.4. The number of rotatable bonds is 4. The van der Waals surface area contributed by atoms with Crippen molar-refractivity contribution in [2.75, 3.05) is 6.54 Å². The predicted octanol–water partition coefficient (Wildman–Crippen LogP) is 0.0627. The number of pyridine rings is 1. The van der Waals surface area contributed by atoms with Gasteiger partial charge in [0.2, 0.25) is 5.91 Å². The van der Waals surface area contributed by atoms with Gasteiger partial charge in [0.1, 0.15) is 5.65 Å². The van der Waals surface area contributed by atoms with Gasteiger partial charge < -0.3 is 10.6 Å². The van der Waals surface area contributed by atoms with E-state index in [-0.39, 0.29) is 17.5 Å². The highest BCUT2D eigenvalue weighted by Crippen LogP contribution is 2.06. The molecule has 1 aliphatic heterocycles. The Morgan fingerprint density at radius 3 is 3.05 bits per heavy atom. The second-order valence-corrected chi connectivity index (χ2v) is 4.98. The van der Waals surface area contributed by atoms with Crippen LogP contribution in [0.3, 0.4) is 0 Å². The first kappa shape index (κ1) is 12.8. The minimum Gasteiger partial charge on any atom is -0.352 e. The van der Waals surface area contributed by atoms with Crippen molar-refractivity contribution in [1.82, 2.24) is 20.0 Å². The Balaban J connectivity index is 1.64. The highest BCUT2D eigenvalue weighted by Gasteiger charge is 2.19. The highest BCUT2D eigenvalue weighted by atomic mass is 16.2. The van der Waals surface area contributed by atoms with Crippen molar-refractivity contribution in [2.24, 2.45) is 0 Å².